The van der Waals surface area contributed by atoms with Gasteiger partial charge in [0, 0.05) is 39.7 Å². The average molecular weight is 650 g/mol. The molecule has 12 rings (SSSR count). The van der Waals surface area contributed by atoms with Crippen LogP contribution in [-0.2, 0) is 0 Å². The van der Waals surface area contributed by atoms with E-state index in [1.165, 1.54) is 104 Å². The lowest BCUT2D eigenvalue weighted by molar-refractivity contribution is 0.994. The van der Waals surface area contributed by atoms with E-state index in [2.05, 4.69) is 178 Å². The van der Waals surface area contributed by atoms with Crippen LogP contribution in [0.1, 0.15) is 11.6 Å². The summed E-state index contributed by atoms with van der Waals surface area (Å²) in [6.07, 6.45) is 0. The number of nitrogens with zero attached hydrogens (tertiary/aromatic N) is 2. The first-order chi connectivity index (χ1) is 25.3. The van der Waals surface area contributed by atoms with E-state index >= 15 is 0 Å². The van der Waals surface area contributed by atoms with Gasteiger partial charge in [0.2, 0.25) is 0 Å². The van der Waals surface area contributed by atoms with Crippen molar-refractivity contribution >= 4 is 86.7 Å². The molecular weight excluding hydrogens is 619 g/mol. The Morgan fingerprint density at radius 1 is 0.353 bits per heavy atom. The first-order valence-electron chi connectivity index (χ1n) is 17.9. The molecule has 3 heteroatoms. The van der Waals surface area contributed by atoms with Crippen LogP contribution < -0.4 is 5.32 Å². The summed E-state index contributed by atoms with van der Waals surface area (Å²) in [6.45, 7) is 0.954. The molecule has 0 radical (unpaired) electrons. The van der Waals surface area contributed by atoms with Crippen LogP contribution in [0.4, 0.5) is 0 Å². The molecule has 0 amide bonds. The third kappa shape index (κ3) is 3.71. The van der Waals surface area contributed by atoms with Crippen molar-refractivity contribution in [3.63, 3.8) is 0 Å². The summed E-state index contributed by atoms with van der Waals surface area (Å²) in [6, 6.07) is 61.0. The zero-order valence-corrected chi connectivity index (χ0v) is 27.8. The maximum Gasteiger partial charge on any atom is 0.0547 e. The average Bonchev–Trinajstić information content (AvgIpc) is 3.89. The van der Waals surface area contributed by atoms with Crippen molar-refractivity contribution in [2.24, 2.45) is 0 Å². The lowest BCUT2D eigenvalue weighted by Gasteiger charge is -2.19. The van der Waals surface area contributed by atoms with Gasteiger partial charge < -0.3 is 14.5 Å². The van der Waals surface area contributed by atoms with Gasteiger partial charge in [-0.15, -0.1) is 0 Å². The molecule has 2 aromatic heterocycles. The lowest BCUT2D eigenvalue weighted by atomic mass is 10.00. The van der Waals surface area contributed by atoms with E-state index in [-0.39, 0.29) is 6.04 Å². The Morgan fingerprint density at radius 2 is 0.667 bits per heavy atom. The first-order valence-corrected chi connectivity index (χ1v) is 17.9. The SMILES string of the molecule is c1cc(-n2c3ccc4ccccc4c3c3c4ccccc4ccc32)c(C2CN2)c(-n2c3ccc4ccccc4c3c3c4ccccc4ccc32)c1. The van der Waals surface area contributed by atoms with Gasteiger partial charge in [-0.05, 0) is 79.5 Å². The minimum absolute atomic E-state index is 0.248. The van der Waals surface area contributed by atoms with Crippen molar-refractivity contribution in [2.75, 3.05) is 6.54 Å². The highest BCUT2D eigenvalue weighted by molar-refractivity contribution is 6.30. The monoisotopic (exact) mass is 649 g/mol. The molecule has 11 aromatic rings. The molecule has 1 aliphatic rings. The van der Waals surface area contributed by atoms with E-state index in [4.69, 9.17) is 0 Å². The molecule has 1 unspecified atom stereocenters. The number of hydrogen-bond donors (Lipinski definition) is 1. The second kappa shape index (κ2) is 10.1. The van der Waals surface area contributed by atoms with Crippen LogP contribution in [0.25, 0.3) is 98.1 Å². The third-order valence-corrected chi connectivity index (χ3v) is 11.4. The largest absolute Gasteiger partial charge is 0.309 e. The number of hydrogen-bond acceptors (Lipinski definition) is 1. The Kier molecular flexibility index (Phi) is 5.41. The highest BCUT2D eigenvalue weighted by Crippen LogP contribution is 2.46. The van der Waals surface area contributed by atoms with Crippen LogP contribution in [0.5, 0.6) is 0 Å². The van der Waals surface area contributed by atoms with Crippen molar-refractivity contribution in [3.8, 4) is 11.4 Å². The molecule has 0 spiro atoms. The molecule has 0 saturated carbocycles. The number of benzene rings is 9. The molecular formula is C48H31N3. The van der Waals surface area contributed by atoms with Gasteiger partial charge in [0.25, 0.3) is 0 Å². The molecule has 1 fully saturated rings. The van der Waals surface area contributed by atoms with Crippen molar-refractivity contribution in [2.45, 2.75) is 6.04 Å². The third-order valence-electron chi connectivity index (χ3n) is 11.4. The molecule has 1 N–H and O–H groups in total. The van der Waals surface area contributed by atoms with Gasteiger partial charge in [-0.2, -0.15) is 0 Å². The second-order valence-electron chi connectivity index (χ2n) is 14.1. The van der Waals surface area contributed by atoms with E-state index in [0.29, 0.717) is 0 Å². The van der Waals surface area contributed by atoms with E-state index in [1.54, 1.807) is 0 Å². The molecule has 0 bridgehead atoms. The number of rotatable bonds is 3. The summed E-state index contributed by atoms with van der Waals surface area (Å²) in [5.74, 6) is 0. The predicted octanol–water partition coefficient (Wildman–Crippen LogP) is 12.1. The summed E-state index contributed by atoms with van der Waals surface area (Å²) in [5, 5.41) is 19.2. The zero-order valence-electron chi connectivity index (χ0n) is 27.8. The smallest absolute Gasteiger partial charge is 0.0547 e. The number of nitrogens with one attached hydrogen (secondary N) is 1. The number of fused-ring (bicyclic) bond motifs is 14. The van der Waals surface area contributed by atoms with Crippen molar-refractivity contribution in [1.82, 2.24) is 14.5 Å². The molecule has 0 aliphatic carbocycles. The Hall–Kier alpha value is -6.42. The standard InChI is InChI=1S/C48H31N3/c1-5-14-33-29(10-1)20-24-40-44(33)45-34-15-6-2-11-30(34)21-25-41(45)50(40)38-18-9-19-39(48(38)37-28-49-37)51-42-26-22-31-12-3-7-16-35(31)46(42)47-36-17-8-4-13-32(36)23-27-43(47)51/h1-27,37,49H,28H2. The van der Waals surface area contributed by atoms with E-state index < -0.39 is 0 Å². The van der Waals surface area contributed by atoms with Crippen LogP contribution in [-0.4, -0.2) is 15.7 Å². The van der Waals surface area contributed by atoms with Gasteiger partial charge in [-0.25, -0.2) is 0 Å². The van der Waals surface area contributed by atoms with Crippen LogP contribution in [0, 0.1) is 0 Å². The quantitative estimate of drug-likeness (QED) is 0.190. The fourth-order valence-electron chi connectivity index (χ4n) is 9.17. The van der Waals surface area contributed by atoms with Gasteiger partial charge in [0.1, 0.15) is 0 Å². The van der Waals surface area contributed by atoms with Gasteiger partial charge in [-0.1, -0.05) is 127 Å². The maximum atomic E-state index is 3.74. The Labute approximate surface area is 293 Å². The normalized spacial score (nSPS) is 14.7. The van der Waals surface area contributed by atoms with Gasteiger partial charge >= 0.3 is 0 Å². The zero-order chi connectivity index (χ0) is 33.2. The van der Waals surface area contributed by atoms with Crippen molar-refractivity contribution < 1.29 is 0 Å². The van der Waals surface area contributed by atoms with Crippen molar-refractivity contribution in [3.05, 3.63) is 169 Å². The van der Waals surface area contributed by atoms with Crippen LogP contribution >= 0.6 is 0 Å². The molecule has 1 atom stereocenters. The van der Waals surface area contributed by atoms with Crippen LogP contribution in [0.15, 0.2) is 164 Å². The number of aromatic nitrogens is 2. The van der Waals surface area contributed by atoms with E-state index in [9.17, 15) is 0 Å². The summed E-state index contributed by atoms with van der Waals surface area (Å²) in [4.78, 5) is 0. The van der Waals surface area contributed by atoms with Gasteiger partial charge in [0.15, 0.2) is 0 Å². The predicted molar refractivity (Wildman–Crippen MR) is 216 cm³/mol. The lowest BCUT2D eigenvalue weighted by Crippen LogP contribution is -2.06. The second-order valence-corrected chi connectivity index (χ2v) is 14.1. The van der Waals surface area contributed by atoms with Crippen LogP contribution in [0.2, 0.25) is 0 Å². The molecule has 3 heterocycles. The fourth-order valence-corrected chi connectivity index (χ4v) is 9.17. The molecule has 1 aliphatic heterocycles. The van der Waals surface area contributed by atoms with Crippen molar-refractivity contribution in [1.29, 1.82) is 0 Å². The van der Waals surface area contributed by atoms with Crippen LogP contribution in [0.3, 0.4) is 0 Å². The molecule has 1 saturated heterocycles. The highest BCUT2D eigenvalue weighted by Gasteiger charge is 2.32. The highest BCUT2D eigenvalue weighted by atomic mass is 15.1. The minimum atomic E-state index is 0.248. The minimum Gasteiger partial charge on any atom is -0.309 e. The summed E-state index contributed by atoms with van der Waals surface area (Å²) in [7, 11) is 0. The molecule has 51 heavy (non-hydrogen) atoms. The fraction of sp³-hybridized carbons (Fsp3) is 0.0417. The van der Waals surface area contributed by atoms with Gasteiger partial charge in [-0.3, -0.25) is 0 Å². The van der Waals surface area contributed by atoms with E-state index in [0.717, 1.165) is 6.54 Å². The molecule has 3 nitrogen and oxygen atoms in total. The first kappa shape index (κ1) is 27.4. The Balaban J connectivity index is 1.25. The van der Waals surface area contributed by atoms with E-state index in [1.807, 2.05) is 0 Å². The summed E-state index contributed by atoms with van der Waals surface area (Å²) < 4.78 is 5.09. The Morgan fingerprint density at radius 3 is 0.980 bits per heavy atom. The summed E-state index contributed by atoms with van der Waals surface area (Å²) in [5.41, 5.74) is 8.72. The molecule has 238 valence electrons. The molecule has 9 aromatic carbocycles. The summed E-state index contributed by atoms with van der Waals surface area (Å²) >= 11 is 0. The Bertz CT molecular complexity index is 2870. The van der Waals surface area contributed by atoms with Gasteiger partial charge in [0.05, 0.1) is 33.4 Å². The topological polar surface area (TPSA) is 31.8 Å². The maximum absolute atomic E-state index is 3.74.